The maximum absolute atomic E-state index is 13.2. The third kappa shape index (κ3) is 3.45. The predicted octanol–water partition coefficient (Wildman–Crippen LogP) is 1.06. The highest BCUT2D eigenvalue weighted by atomic mass is 19.1. The predicted molar refractivity (Wildman–Crippen MR) is 70.8 cm³/mol. The Morgan fingerprint density at radius 1 is 1.33 bits per heavy atom. The van der Waals surface area contributed by atoms with E-state index in [1.807, 2.05) is 0 Å². The number of benzene rings is 1. The molecule has 1 heterocycles. The van der Waals surface area contributed by atoms with Crippen LogP contribution in [0.3, 0.4) is 0 Å². The van der Waals surface area contributed by atoms with E-state index in [-0.39, 0.29) is 17.2 Å². The van der Waals surface area contributed by atoms with Crippen molar-refractivity contribution >= 4 is 23.1 Å². The van der Waals surface area contributed by atoms with E-state index in [1.165, 1.54) is 12.4 Å². The van der Waals surface area contributed by atoms with Gasteiger partial charge in [-0.1, -0.05) is 0 Å². The summed E-state index contributed by atoms with van der Waals surface area (Å²) < 4.78 is 13.2. The number of aromatic nitrogens is 2. The van der Waals surface area contributed by atoms with Gasteiger partial charge < -0.3 is 10.7 Å². The topological polar surface area (TPSA) is 136 Å². The van der Waals surface area contributed by atoms with E-state index in [2.05, 4.69) is 20.7 Å². The molecule has 21 heavy (non-hydrogen) atoms. The molecule has 0 unspecified atom stereocenters. The Hall–Kier alpha value is -3.14. The Morgan fingerprint density at radius 3 is 2.76 bits per heavy atom. The molecule has 0 radical (unpaired) electrons. The molecule has 0 saturated carbocycles. The summed E-state index contributed by atoms with van der Waals surface area (Å²) in [5.41, 5.74) is 1.58. The fourth-order valence-corrected chi connectivity index (χ4v) is 1.49. The van der Waals surface area contributed by atoms with Gasteiger partial charge in [0.25, 0.3) is 11.6 Å². The number of anilines is 2. The van der Waals surface area contributed by atoms with Crippen molar-refractivity contribution in [1.29, 1.82) is 0 Å². The number of nitrogens with zero attached hydrogens (tertiary/aromatic N) is 3. The minimum absolute atomic E-state index is 0.0698. The van der Waals surface area contributed by atoms with Gasteiger partial charge in [-0.15, -0.1) is 0 Å². The SMILES string of the molecule is NNc1cncc(C(=O)Nc2cc(F)cc([N+](=O)[O-])c2)n1. The van der Waals surface area contributed by atoms with Crippen LogP contribution >= 0.6 is 0 Å². The van der Waals surface area contributed by atoms with Gasteiger partial charge in [0.05, 0.1) is 29.1 Å². The maximum Gasteiger partial charge on any atom is 0.275 e. The van der Waals surface area contributed by atoms with E-state index >= 15 is 0 Å². The van der Waals surface area contributed by atoms with Crippen LogP contribution in [0.1, 0.15) is 10.5 Å². The van der Waals surface area contributed by atoms with Gasteiger partial charge >= 0.3 is 0 Å². The Balaban J connectivity index is 2.24. The summed E-state index contributed by atoms with van der Waals surface area (Å²) in [4.78, 5) is 29.3. The number of nitro groups is 1. The standard InChI is InChI=1S/C11H9FN6O3/c12-6-1-7(3-8(2-6)18(20)21)15-11(19)9-4-14-5-10(16-9)17-13/h1-5H,13H2,(H,15,19)(H,16,17). The third-order valence-electron chi connectivity index (χ3n) is 2.37. The number of carbonyl (C=O) groups is 1. The summed E-state index contributed by atoms with van der Waals surface area (Å²) in [6, 6.07) is 2.72. The molecule has 0 aliphatic rings. The molecule has 1 aromatic carbocycles. The quantitative estimate of drug-likeness (QED) is 0.435. The van der Waals surface area contributed by atoms with Crippen molar-refractivity contribution in [3.63, 3.8) is 0 Å². The summed E-state index contributed by atoms with van der Waals surface area (Å²) in [6.07, 6.45) is 2.47. The van der Waals surface area contributed by atoms with Crippen LogP contribution in [0.5, 0.6) is 0 Å². The van der Waals surface area contributed by atoms with Crippen molar-refractivity contribution in [1.82, 2.24) is 9.97 Å². The highest BCUT2D eigenvalue weighted by Gasteiger charge is 2.14. The van der Waals surface area contributed by atoms with Gasteiger partial charge in [0.1, 0.15) is 11.5 Å². The lowest BCUT2D eigenvalue weighted by Crippen LogP contribution is -2.17. The zero-order valence-corrected chi connectivity index (χ0v) is 10.4. The second-order valence-corrected chi connectivity index (χ2v) is 3.84. The zero-order valence-electron chi connectivity index (χ0n) is 10.4. The second kappa shape index (κ2) is 5.88. The molecule has 0 saturated heterocycles. The molecule has 1 amide bonds. The minimum Gasteiger partial charge on any atom is -0.320 e. The highest BCUT2D eigenvalue weighted by Crippen LogP contribution is 2.20. The lowest BCUT2D eigenvalue weighted by atomic mass is 10.2. The van der Waals surface area contributed by atoms with E-state index in [1.54, 1.807) is 0 Å². The van der Waals surface area contributed by atoms with Crippen molar-refractivity contribution in [2.75, 3.05) is 10.7 Å². The molecule has 0 atom stereocenters. The molecule has 0 aliphatic heterocycles. The van der Waals surface area contributed by atoms with Gasteiger partial charge in [0.2, 0.25) is 0 Å². The molecule has 9 nitrogen and oxygen atoms in total. The molecular formula is C11H9FN6O3. The third-order valence-corrected chi connectivity index (χ3v) is 2.37. The van der Waals surface area contributed by atoms with Crippen LogP contribution in [-0.4, -0.2) is 20.8 Å². The molecule has 0 fully saturated rings. The smallest absolute Gasteiger partial charge is 0.275 e. The molecule has 1 aromatic heterocycles. The van der Waals surface area contributed by atoms with Crippen LogP contribution in [0.4, 0.5) is 21.6 Å². The number of non-ortho nitro benzene ring substituents is 1. The van der Waals surface area contributed by atoms with Crippen molar-refractivity contribution in [3.8, 4) is 0 Å². The number of hydrogen-bond acceptors (Lipinski definition) is 7. The van der Waals surface area contributed by atoms with E-state index in [4.69, 9.17) is 5.84 Å². The Labute approximate surface area is 117 Å². The summed E-state index contributed by atoms with van der Waals surface area (Å²) in [7, 11) is 0. The number of nitrogens with one attached hydrogen (secondary N) is 2. The number of hydrogen-bond donors (Lipinski definition) is 3. The fourth-order valence-electron chi connectivity index (χ4n) is 1.49. The van der Waals surface area contributed by atoms with Crippen LogP contribution in [-0.2, 0) is 0 Å². The van der Waals surface area contributed by atoms with E-state index < -0.39 is 22.3 Å². The van der Waals surface area contributed by atoms with Crippen molar-refractivity contribution < 1.29 is 14.1 Å². The van der Waals surface area contributed by atoms with Crippen molar-refractivity contribution in [3.05, 3.63) is 52.2 Å². The highest BCUT2D eigenvalue weighted by molar-refractivity contribution is 6.03. The molecule has 4 N–H and O–H groups in total. The van der Waals surface area contributed by atoms with Crippen molar-refractivity contribution in [2.45, 2.75) is 0 Å². The molecule has 2 rings (SSSR count). The molecular weight excluding hydrogens is 283 g/mol. The van der Waals surface area contributed by atoms with Crippen LogP contribution in [0.25, 0.3) is 0 Å². The molecule has 2 aromatic rings. The second-order valence-electron chi connectivity index (χ2n) is 3.84. The average Bonchev–Trinajstić information content (AvgIpc) is 2.46. The normalized spacial score (nSPS) is 10.0. The summed E-state index contributed by atoms with van der Waals surface area (Å²) in [5.74, 6) is 3.74. The van der Waals surface area contributed by atoms with Crippen molar-refractivity contribution in [2.24, 2.45) is 5.84 Å². The first-order chi connectivity index (χ1) is 9.99. The van der Waals surface area contributed by atoms with Gasteiger partial charge in [-0.25, -0.2) is 15.2 Å². The van der Waals surface area contributed by atoms with Crippen LogP contribution in [0.15, 0.2) is 30.6 Å². The lowest BCUT2D eigenvalue weighted by Gasteiger charge is -2.06. The number of nitrogen functional groups attached to an aromatic ring is 1. The van der Waals surface area contributed by atoms with Crippen LogP contribution in [0, 0.1) is 15.9 Å². The van der Waals surface area contributed by atoms with Gasteiger partial charge in [-0.05, 0) is 6.07 Å². The average molecular weight is 292 g/mol. The summed E-state index contributed by atoms with van der Waals surface area (Å²) in [6.45, 7) is 0. The Kier molecular flexibility index (Phi) is 4.00. The van der Waals surface area contributed by atoms with Crippen LogP contribution in [0.2, 0.25) is 0 Å². The molecule has 0 spiro atoms. The van der Waals surface area contributed by atoms with Gasteiger partial charge in [0.15, 0.2) is 5.82 Å². The van der Waals surface area contributed by atoms with Gasteiger partial charge in [-0.2, -0.15) is 0 Å². The zero-order chi connectivity index (χ0) is 15.4. The summed E-state index contributed by atoms with van der Waals surface area (Å²) in [5, 5.41) is 12.9. The monoisotopic (exact) mass is 292 g/mol. The largest absolute Gasteiger partial charge is 0.320 e. The number of nitrogens with two attached hydrogens (primary N) is 1. The van der Waals surface area contributed by atoms with Gasteiger partial charge in [-0.3, -0.25) is 19.9 Å². The first-order valence-corrected chi connectivity index (χ1v) is 5.54. The number of nitro benzene ring substituents is 1. The first kappa shape index (κ1) is 14.3. The number of rotatable bonds is 4. The number of halogens is 1. The van der Waals surface area contributed by atoms with Crippen LogP contribution < -0.4 is 16.6 Å². The molecule has 0 bridgehead atoms. The summed E-state index contributed by atoms with van der Waals surface area (Å²) >= 11 is 0. The minimum atomic E-state index is -0.844. The first-order valence-electron chi connectivity index (χ1n) is 5.54. The molecule has 108 valence electrons. The van der Waals surface area contributed by atoms with Gasteiger partial charge in [0, 0.05) is 6.07 Å². The number of carbonyl (C=O) groups excluding carboxylic acids is 1. The van der Waals surface area contributed by atoms with E-state index in [0.29, 0.717) is 0 Å². The maximum atomic E-state index is 13.2. The Bertz CT molecular complexity index is 708. The number of amides is 1. The Morgan fingerprint density at radius 2 is 2.10 bits per heavy atom. The lowest BCUT2D eigenvalue weighted by molar-refractivity contribution is -0.385. The fraction of sp³-hybridized carbons (Fsp3) is 0. The molecule has 10 heteroatoms. The number of hydrazine groups is 1. The molecule has 0 aliphatic carbocycles. The van der Waals surface area contributed by atoms with E-state index in [9.17, 15) is 19.3 Å². The van der Waals surface area contributed by atoms with E-state index in [0.717, 1.165) is 18.2 Å².